The Morgan fingerprint density at radius 3 is 2.68 bits per heavy atom. The van der Waals surface area contributed by atoms with E-state index in [2.05, 4.69) is 5.32 Å². The summed E-state index contributed by atoms with van der Waals surface area (Å²) in [6.45, 7) is 6.71. The second-order valence-electron chi connectivity index (χ2n) is 6.23. The first-order valence-corrected chi connectivity index (χ1v) is 7.66. The van der Waals surface area contributed by atoms with E-state index in [0.29, 0.717) is 24.5 Å². The number of amides is 1. The summed E-state index contributed by atoms with van der Waals surface area (Å²) in [6.07, 6.45) is 1.10. The molecule has 0 aromatic heterocycles. The van der Waals surface area contributed by atoms with E-state index < -0.39 is 12.0 Å². The Labute approximate surface area is 130 Å². The lowest BCUT2D eigenvalue weighted by molar-refractivity contribution is -0.142. The van der Waals surface area contributed by atoms with Crippen LogP contribution in [0.3, 0.4) is 0 Å². The SMILES string of the molecule is CC(C)C(C)CC(=O)NC(C(=O)O)c1ccc2c(c1)CCO2. The molecule has 0 aliphatic carbocycles. The Morgan fingerprint density at radius 1 is 1.32 bits per heavy atom. The van der Waals surface area contributed by atoms with Crippen molar-refractivity contribution in [3.63, 3.8) is 0 Å². The first-order chi connectivity index (χ1) is 10.4. The van der Waals surface area contributed by atoms with Crippen molar-refractivity contribution in [1.82, 2.24) is 5.32 Å². The average Bonchev–Trinajstić information content (AvgIpc) is 2.91. The van der Waals surface area contributed by atoms with Crippen molar-refractivity contribution in [3.8, 4) is 5.75 Å². The summed E-state index contributed by atoms with van der Waals surface area (Å²) in [6, 6.07) is 4.27. The van der Waals surface area contributed by atoms with Crippen LogP contribution in [0, 0.1) is 11.8 Å². The summed E-state index contributed by atoms with van der Waals surface area (Å²) in [7, 11) is 0. The molecule has 5 nitrogen and oxygen atoms in total. The summed E-state index contributed by atoms with van der Waals surface area (Å²) in [5.41, 5.74) is 1.58. The van der Waals surface area contributed by atoms with Crippen molar-refractivity contribution >= 4 is 11.9 Å². The largest absolute Gasteiger partial charge is 0.493 e. The number of carboxylic acids is 1. The number of nitrogens with one attached hydrogen (secondary N) is 1. The van der Waals surface area contributed by atoms with Gasteiger partial charge in [0.2, 0.25) is 5.91 Å². The van der Waals surface area contributed by atoms with Crippen LogP contribution in [-0.2, 0) is 16.0 Å². The van der Waals surface area contributed by atoms with Crippen LogP contribution in [0.25, 0.3) is 0 Å². The maximum Gasteiger partial charge on any atom is 0.330 e. The fourth-order valence-corrected chi connectivity index (χ4v) is 2.42. The van der Waals surface area contributed by atoms with Crippen LogP contribution in [0.1, 0.15) is 44.4 Å². The number of carboxylic acid groups (broad SMARTS) is 1. The number of rotatable bonds is 6. The second kappa shape index (κ2) is 6.81. The maximum atomic E-state index is 12.1. The van der Waals surface area contributed by atoms with Gasteiger partial charge >= 0.3 is 5.97 Å². The van der Waals surface area contributed by atoms with E-state index in [4.69, 9.17) is 4.74 Å². The molecule has 1 aromatic carbocycles. The van der Waals surface area contributed by atoms with Gasteiger partial charge in [0.25, 0.3) is 0 Å². The van der Waals surface area contributed by atoms with Crippen molar-refractivity contribution in [1.29, 1.82) is 0 Å². The molecule has 0 saturated heterocycles. The summed E-state index contributed by atoms with van der Waals surface area (Å²) in [5.74, 6) is 0.108. The molecule has 0 saturated carbocycles. The highest BCUT2D eigenvalue weighted by Gasteiger charge is 2.25. The number of benzene rings is 1. The molecule has 2 N–H and O–H groups in total. The first-order valence-electron chi connectivity index (χ1n) is 7.66. The number of carbonyl (C=O) groups is 2. The summed E-state index contributed by atoms with van der Waals surface area (Å²) >= 11 is 0. The van der Waals surface area contributed by atoms with E-state index in [1.165, 1.54) is 0 Å². The van der Waals surface area contributed by atoms with Crippen LogP contribution in [0.15, 0.2) is 18.2 Å². The molecule has 2 rings (SSSR count). The van der Waals surface area contributed by atoms with Gasteiger partial charge in [-0.25, -0.2) is 4.79 Å². The van der Waals surface area contributed by atoms with E-state index in [-0.39, 0.29) is 11.8 Å². The number of hydrogen-bond acceptors (Lipinski definition) is 3. The smallest absolute Gasteiger partial charge is 0.330 e. The lowest BCUT2D eigenvalue weighted by atomic mass is 9.94. The van der Waals surface area contributed by atoms with Crippen molar-refractivity contribution in [2.75, 3.05) is 6.61 Å². The highest BCUT2D eigenvalue weighted by molar-refractivity contribution is 5.84. The van der Waals surface area contributed by atoms with Crippen LogP contribution in [0.2, 0.25) is 0 Å². The van der Waals surface area contributed by atoms with Gasteiger partial charge in [0.1, 0.15) is 5.75 Å². The topological polar surface area (TPSA) is 75.6 Å². The Kier molecular flexibility index (Phi) is 5.06. The number of aliphatic carboxylic acids is 1. The molecular weight excluding hydrogens is 282 g/mol. The lowest BCUT2D eigenvalue weighted by Gasteiger charge is -2.19. The van der Waals surface area contributed by atoms with Crippen LogP contribution in [0.4, 0.5) is 0 Å². The minimum atomic E-state index is -1.05. The number of hydrogen-bond donors (Lipinski definition) is 2. The maximum absolute atomic E-state index is 12.1. The summed E-state index contributed by atoms with van der Waals surface area (Å²) in [5, 5.41) is 12.1. The third kappa shape index (κ3) is 3.78. The van der Waals surface area contributed by atoms with Crippen LogP contribution in [-0.4, -0.2) is 23.6 Å². The van der Waals surface area contributed by atoms with Crippen molar-refractivity contribution in [2.24, 2.45) is 11.8 Å². The molecule has 1 amide bonds. The molecule has 1 aromatic rings. The normalized spacial score (nSPS) is 15.8. The Hall–Kier alpha value is -2.04. The number of fused-ring (bicyclic) bond motifs is 1. The second-order valence-corrected chi connectivity index (χ2v) is 6.23. The van der Waals surface area contributed by atoms with Gasteiger partial charge in [0.05, 0.1) is 6.61 Å². The summed E-state index contributed by atoms with van der Waals surface area (Å²) < 4.78 is 5.42. The molecule has 1 aliphatic heterocycles. The predicted octanol–water partition coefficient (Wildman–Crippen LogP) is 2.55. The van der Waals surface area contributed by atoms with Crippen LogP contribution >= 0.6 is 0 Å². The molecule has 2 atom stereocenters. The molecule has 0 bridgehead atoms. The molecule has 120 valence electrons. The Bertz CT molecular complexity index is 568. The van der Waals surface area contributed by atoms with Gasteiger partial charge in [-0.3, -0.25) is 4.79 Å². The molecule has 1 heterocycles. The standard InChI is InChI=1S/C17H23NO4/c1-10(2)11(3)8-15(19)18-16(17(20)21)13-4-5-14-12(9-13)6-7-22-14/h4-5,9-11,16H,6-8H2,1-3H3,(H,18,19)(H,20,21). The molecular formula is C17H23NO4. The molecule has 2 unspecified atom stereocenters. The third-order valence-corrected chi connectivity index (χ3v) is 4.24. The molecule has 0 spiro atoms. The molecule has 5 heteroatoms. The van der Waals surface area contributed by atoms with Crippen molar-refractivity contribution < 1.29 is 19.4 Å². The van der Waals surface area contributed by atoms with Gasteiger partial charge in [-0.05, 0) is 35.1 Å². The average molecular weight is 305 g/mol. The van der Waals surface area contributed by atoms with Crippen molar-refractivity contribution in [2.45, 2.75) is 39.7 Å². The fourth-order valence-electron chi connectivity index (χ4n) is 2.42. The van der Waals surface area contributed by atoms with Crippen molar-refractivity contribution in [3.05, 3.63) is 29.3 Å². The molecule has 1 aliphatic rings. The van der Waals surface area contributed by atoms with Gasteiger partial charge in [-0.2, -0.15) is 0 Å². The predicted molar refractivity (Wildman–Crippen MR) is 82.8 cm³/mol. The highest BCUT2D eigenvalue weighted by Crippen LogP contribution is 2.28. The molecule has 22 heavy (non-hydrogen) atoms. The molecule has 0 radical (unpaired) electrons. The van der Waals surface area contributed by atoms with Gasteiger partial charge in [-0.15, -0.1) is 0 Å². The lowest BCUT2D eigenvalue weighted by Crippen LogP contribution is -2.35. The van der Waals surface area contributed by atoms with E-state index in [1.54, 1.807) is 12.1 Å². The third-order valence-electron chi connectivity index (χ3n) is 4.24. The fraction of sp³-hybridized carbons (Fsp3) is 0.529. The first kappa shape index (κ1) is 16.3. The number of carbonyl (C=O) groups excluding carboxylic acids is 1. The van der Waals surface area contributed by atoms with E-state index in [0.717, 1.165) is 17.7 Å². The Balaban J connectivity index is 2.10. The minimum absolute atomic E-state index is 0.211. The number of ether oxygens (including phenoxy) is 1. The Morgan fingerprint density at radius 2 is 2.05 bits per heavy atom. The van der Waals surface area contributed by atoms with Gasteiger partial charge < -0.3 is 15.2 Å². The van der Waals surface area contributed by atoms with Gasteiger partial charge in [0.15, 0.2) is 6.04 Å². The monoisotopic (exact) mass is 305 g/mol. The van der Waals surface area contributed by atoms with Crippen LogP contribution in [0.5, 0.6) is 5.75 Å². The van der Waals surface area contributed by atoms with Gasteiger partial charge in [0, 0.05) is 12.8 Å². The zero-order valence-electron chi connectivity index (χ0n) is 13.3. The van der Waals surface area contributed by atoms with Gasteiger partial charge in [-0.1, -0.05) is 26.8 Å². The van der Waals surface area contributed by atoms with E-state index in [1.807, 2.05) is 26.8 Å². The zero-order valence-corrected chi connectivity index (χ0v) is 13.3. The van der Waals surface area contributed by atoms with E-state index in [9.17, 15) is 14.7 Å². The van der Waals surface area contributed by atoms with Crippen LogP contribution < -0.4 is 10.1 Å². The van der Waals surface area contributed by atoms with E-state index >= 15 is 0 Å². The molecule has 0 fully saturated rings. The highest BCUT2D eigenvalue weighted by atomic mass is 16.5. The zero-order chi connectivity index (χ0) is 16.3. The quantitative estimate of drug-likeness (QED) is 0.847. The minimum Gasteiger partial charge on any atom is -0.493 e. The summed E-state index contributed by atoms with van der Waals surface area (Å²) in [4.78, 5) is 23.6.